The van der Waals surface area contributed by atoms with Gasteiger partial charge < -0.3 is 19.8 Å². The second-order valence-electron chi connectivity index (χ2n) is 6.38. The van der Waals surface area contributed by atoms with Crippen molar-refractivity contribution in [2.24, 2.45) is 0 Å². The van der Waals surface area contributed by atoms with Crippen molar-refractivity contribution in [1.82, 2.24) is 0 Å². The highest BCUT2D eigenvalue weighted by molar-refractivity contribution is 9.10. The van der Waals surface area contributed by atoms with E-state index < -0.39 is 24.6 Å². The molecule has 10 heteroatoms. The molecule has 0 radical (unpaired) electrons. The number of hydrogen-bond donors (Lipinski definition) is 2. The molecule has 6 nitrogen and oxygen atoms in total. The number of carbonyl (C=O) groups is 2. The number of hydrogen-bond acceptors (Lipinski definition) is 4. The fraction of sp³-hybridized carbons (Fsp3) is 0.143. The van der Waals surface area contributed by atoms with Crippen LogP contribution in [0, 0.1) is 0 Å². The predicted molar refractivity (Wildman–Crippen MR) is 111 cm³/mol. The Morgan fingerprint density at radius 1 is 0.968 bits per heavy atom. The van der Waals surface area contributed by atoms with E-state index in [0.29, 0.717) is 15.9 Å². The summed E-state index contributed by atoms with van der Waals surface area (Å²) in [5, 5.41) is 5.21. The lowest BCUT2D eigenvalue weighted by Crippen LogP contribution is -2.20. The van der Waals surface area contributed by atoms with Crippen LogP contribution >= 0.6 is 15.9 Å². The summed E-state index contributed by atoms with van der Waals surface area (Å²) in [6.07, 6.45) is -4.51. The average Bonchev–Trinajstić information content (AvgIpc) is 3.15. The van der Waals surface area contributed by atoms with Gasteiger partial charge in [-0.05, 0) is 57.9 Å². The van der Waals surface area contributed by atoms with Crippen LogP contribution in [0.1, 0.15) is 16.1 Å². The number of furan rings is 1. The highest BCUT2D eigenvalue weighted by atomic mass is 79.9. The van der Waals surface area contributed by atoms with E-state index in [0.717, 1.165) is 0 Å². The van der Waals surface area contributed by atoms with E-state index in [1.54, 1.807) is 36.4 Å². The van der Waals surface area contributed by atoms with Gasteiger partial charge in [-0.1, -0.05) is 24.3 Å². The lowest BCUT2D eigenvalue weighted by molar-refractivity contribution is -0.153. The number of carbonyl (C=O) groups excluding carboxylic acids is 2. The first kappa shape index (κ1) is 22.4. The van der Waals surface area contributed by atoms with Crippen LogP contribution in [0.15, 0.2) is 69.8 Å². The largest absolute Gasteiger partial charge is 0.482 e. The van der Waals surface area contributed by atoms with Crippen LogP contribution in [-0.4, -0.2) is 24.6 Å². The van der Waals surface area contributed by atoms with E-state index in [1.807, 2.05) is 0 Å². The number of alkyl halides is 3. The maximum atomic E-state index is 12.4. The molecule has 0 aliphatic rings. The summed E-state index contributed by atoms with van der Waals surface area (Å²) in [5.41, 5.74) is 1.29. The molecule has 0 saturated carbocycles. The molecule has 0 unspecified atom stereocenters. The Morgan fingerprint density at radius 3 is 2.32 bits per heavy atom. The molecule has 31 heavy (non-hydrogen) atoms. The number of nitrogens with one attached hydrogen (secondary N) is 2. The number of halogens is 4. The summed E-state index contributed by atoms with van der Waals surface area (Å²) in [4.78, 5) is 24.4. The first-order valence-corrected chi connectivity index (χ1v) is 9.73. The average molecular weight is 497 g/mol. The van der Waals surface area contributed by atoms with Gasteiger partial charge >= 0.3 is 6.18 Å². The fourth-order valence-corrected chi connectivity index (χ4v) is 2.88. The molecule has 0 spiro atoms. The molecule has 0 atom stereocenters. The van der Waals surface area contributed by atoms with E-state index in [2.05, 4.69) is 26.6 Å². The van der Waals surface area contributed by atoms with Crippen molar-refractivity contribution in [3.63, 3.8) is 0 Å². The Kier molecular flexibility index (Phi) is 7.01. The van der Waals surface area contributed by atoms with Gasteiger partial charge in [-0.3, -0.25) is 9.59 Å². The number of rotatable bonds is 7. The molecule has 1 aromatic heterocycles. The zero-order valence-electron chi connectivity index (χ0n) is 15.8. The third kappa shape index (κ3) is 6.88. The minimum atomic E-state index is -4.48. The summed E-state index contributed by atoms with van der Waals surface area (Å²) in [6.45, 7) is -1.46. The molecule has 0 saturated heterocycles. The van der Waals surface area contributed by atoms with Crippen LogP contribution < -0.4 is 15.4 Å². The van der Waals surface area contributed by atoms with Crippen LogP contribution in [0.4, 0.5) is 24.5 Å². The highest BCUT2D eigenvalue weighted by Crippen LogP contribution is 2.26. The van der Waals surface area contributed by atoms with Crippen molar-refractivity contribution in [3.05, 3.63) is 76.7 Å². The maximum absolute atomic E-state index is 12.4. The number of amides is 2. The van der Waals surface area contributed by atoms with Gasteiger partial charge in [0.25, 0.3) is 5.91 Å². The van der Waals surface area contributed by atoms with E-state index in [9.17, 15) is 22.8 Å². The zero-order chi connectivity index (χ0) is 22.4. The topological polar surface area (TPSA) is 80.6 Å². The standard InChI is InChI=1S/C21H16BrF3N2O4/c22-18-10-9-17(31-18)20(29)26-14-7-5-13(6-8-14)11-19(28)27-15-3-1-2-4-16(15)30-12-21(23,24)25/h1-10H,11-12H2,(H,26,29)(H,27,28). The maximum Gasteiger partial charge on any atom is 0.422 e. The highest BCUT2D eigenvalue weighted by Gasteiger charge is 2.28. The molecule has 162 valence electrons. The number of ether oxygens (including phenoxy) is 1. The number of para-hydroxylation sites is 2. The molecule has 1 heterocycles. The summed E-state index contributed by atoms with van der Waals surface area (Å²) in [7, 11) is 0. The van der Waals surface area contributed by atoms with E-state index >= 15 is 0 Å². The molecule has 2 N–H and O–H groups in total. The Hall–Kier alpha value is -3.27. The SMILES string of the molecule is O=C(Cc1ccc(NC(=O)c2ccc(Br)o2)cc1)Nc1ccccc1OCC(F)(F)F. The van der Waals surface area contributed by atoms with Crippen molar-refractivity contribution in [1.29, 1.82) is 0 Å². The Balaban J connectivity index is 1.57. The Labute approximate surface area is 183 Å². The predicted octanol–water partition coefficient (Wildman–Crippen LogP) is 5.42. The lowest BCUT2D eigenvalue weighted by Gasteiger charge is -2.14. The quantitative estimate of drug-likeness (QED) is 0.457. The molecule has 2 aromatic carbocycles. The van der Waals surface area contributed by atoms with Crippen molar-refractivity contribution in [3.8, 4) is 5.75 Å². The van der Waals surface area contributed by atoms with Gasteiger partial charge in [0.15, 0.2) is 17.0 Å². The van der Waals surface area contributed by atoms with Crippen LogP contribution in [0.2, 0.25) is 0 Å². The number of anilines is 2. The Bertz CT molecular complexity index is 1060. The zero-order valence-corrected chi connectivity index (χ0v) is 17.4. The summed E-state index contributed by atoms with van der Waals surface area (Å²) in [5.74, 6) is -0.788. The molecule has 0 aliphatic heterocycles. The molecule has 0 fully saturated rings. The van der Waals surface area contributed by atoms with Crippen LogP contribution in [0.25, 0.3) is 0 Å². The fourth-order valence-electron chi connectivity index (χ4n) is 2.57. The van der Waals surface area contributed by atoms with Crippen molar-refractivity contribution >= 4 is 39.1 Å². The number of benzene rings is 2. The molecule has 2 amide bonds. The second-order valence-corrected chi connectivity index (χ2v) is 7.16. The first-order chi connectivity index (χ1) is 14.7. The van der Waals surface area contributed by atoms with Crippen LogP contribution in [-0.2, 0) is 11.2 Å². The molecular formula is C21H16BrF3N2O4. The third-order valence-corrected chi connectivity index (χ3v) is 4.35. The first-order valence-electron chi connectivity index (χ1n) is 8.94. The van der Waals surface area contributed by atoms with Gasteiger partial charge in [0, 0.05) is 5.69 Å². The lowest BCUT2D eigenvalue weighted by atomic mass is 10.1. The second kappa shape index (κ2) is 9.69. The van der Waals surface area contributed by atoms with Crippen molar-refractivity contribution in [2.75, 3.05) is 17.2 Å². The van der Waals surface area contributed by atoms with Crippen molar-refractivity contribution < 1.29 is 31.9 Å². The Morgan fingerprint density at radius 2 is 1.68 bits per heavy atom. The summed E-state index contributed by atoms with van der Waals surface area (Å²) >= 11 is 3.12. The van der Waals surface area contributed by atoms with Gasteiger partial charge in [-0.15, -0.1) is 0 Å². The van der Waals surface area contributed by atoms with Gasteiger partial charge in [0.05, 0.1) is 12.1 Å². The summed E-state index contributed by atoms with van der Waals surface area (Å²) in [6, 6.07) is 15.6. The van der Waals surface area contributed by atoms with Gasteiger partial charge in [0.2, 0.25) is 5.91 Å². The van der Waals surface area contributed by atoms with Gasteiger partial charge in [-0.2, -0.15) is 13.2 Å². The van der Waals surface area contributed by atoms with Crippen LogP contribution in [0.5, 0.6) is 5.75 Å². The minimum absolute atomic E-state index is 0.0209. The molecule has 3 aromatic rings. The minimum Gasteiger partial charge on any atom is -0.482 e. The van der Waals surface area contributed by atoms with E-state index in [4.69, 9.17) is 9.15 Å². The van der Waals surface area contributed by atoms with Crippen LogP contribution in [0.3, 0.4) is 0 Å². The van der Waals surface area contributed by atoms with Gasteiger partial charge in [-0.25, -0.2) is 0 Å². The smallest absolute Gasteiger partial charge is 0.422 e. The van der Waals surface area contributed by atoms with Crippen molar-refractivity contribution in [2.45, 2.75) is 12.6 Å². The molecular weight excluding hydrogens is 481 g/mol. The monoisotopic (exact) mass is 496 g/mol. The molecule has 0 bridgehead atoms. The molecule has 3 rings (SSSR count). The van der Waals surface area contributed by atoms with E-state index in [1.165, 1.54) is 24.3 Å². The molecule has 0 aliphatic carbocycles. The summed E-state index contributed by atoms with van der Waals surface area (Å²) < 4.78 is 47.5. The normalized spacial score (nSPS) is 11.1. The van der Waals surface area contributed by atoms with Gasteiger partial charge in [0.1, 0.15) is 5.75 Å². The van der Waals surface area contributed by atoms with E-state index in [-0.39, 0.29) is 23.6 Å². The third-order valence-electron chi connectivity index (χ3n) is 3.93.